The highest BCUT2D eigenvalue weighted by atomic mass is 32.1. The number of carboxylic acids is 1. The summed E-state index contributed by atoms with van der Waals surface area (Å²) in [7, 11) is 0. The summed E-state index contributed by atoms with van der Waals surface area (Å²) in [6.07, 6.45) is 7.13. The van der Waals surface area contributed by atoms with Crippen molar-refractivity contribution in [3.8, 4) is 10.8 Å². The fraction of sp³-hybridized carbons (Fsp3) is 0.529. The van der Waals surface area contributed by atoms with Crippen LogP contribution in [0.15, 0.2) is 28.2 Å². The molecule has 2 aromatic heterocycles. The average Bonchev–Trinajstić information content (AvgIpc) is 3.26. The van der Waals surface area contributed by atoms with Crippen LogP contribution < -0.4 is 0 Å². The molecule has 0 spiro atoms. The first-order valence-electron chi connectivity index (χ1n) is 8.19. The van der Waals surface area contributed by atoms with Crippen molar-refractivity contribution in [3.05, 3.63) is 29.5 Å². The number of carboxylic acid groups (broad SMARTS) is 1. The van der Waals surface area contributed by atoms with Gasteiger partial charge in [0.2, 0.25) is 5.89 Å². The molecule has 6 heteroatoms. The standard InChI is InChI=1S/C17H20N2O3S/c20-17(21)14-8-11-4-1-2-5-13(11)19(14)9-12-10-22-16(18-12)15-6-3-7-23-15/h3,6-7,10-11,13-14H,1-2,4-5,8-9H2,(H,20,21). The van der Waals surface area contributed by atoms with Gasteiger partial charge in [-0.3, -0.25) is 9.69 Å². The monoisotopic (exact) mass is 332 g/mol. The summed E-state index contributed by atoms with van der Waals surface area (Å²) in [5, 5.41) is 11.6. The van der Waals surface area contributed by atoms with Gasteiger partial charge in [-0.05, 0) is 36.6 Å². The molecule has 0 aromatic carbocycles. The normalized spacial score (nSPS) is 27.9. The summed E-state index contributed by atoms with van der Waals surface area (Å²) in [5.41, 5.74) is 0.825. The third-order valence-corrected chi connectivity index (χ3v) is 5.99. The van der Waals surface area contributed by atoms with E-state index in [2.05, 4.69) is 9.88 Å². The van der Waals surface area contributed by atoms with Crippen molar-refractivity contribution in [1.29, 1.82) is 0 Å². The van der Waals surface area contributed by atoms with E-state index in [0.29, 0.717) is 24.4 Å². The molecule has 1 saturated carbocycles. The van der Waals surface area contributed by atoms with Crippen molar-refractivity contribution >= 4 is 17.3 Å². The number of likely N-dealkylation sites (tertiary alicyclic amines) is 1. The average molecular weight is 332 g/mol. The van der Waals surface area contributed by atoms with E-state index in [1.807, 2.05) is 17.5 Å². The van der Waals surface area contributed by atoms with Crippen LogP contribution in [0.5, 0.6) is 0 Å². The van der Waals surface area contributed by atoms with Gasteiger partial charge in [0.25, 0.3) is 0 Å². The minimum Gasteiger partial charge on any atom is -0.480 e. The molecule has 1 saturated heterocycles. The molecule has 1 aliphatic carbocycles. The minimum atomic E-state index is -0.707. The second kappa shape index (κ2) is 6.09. The highest BCUT2D eigenvalue weighted by Gasteiger charge is 2.45. The second-order valence-corrected chi connectivity index (χ2v) is 7.44. The highest BCUT2D eigenvalue weighted by molar-refractivity contribution is 7.13. The molecule has 0 bridgehead atoms. The molecule has 3 unspecified atom stereocenters. The van der Waals surface area contributed by atoms with Gasteiger partial charge in [0.1, 0.15) is 12.3 Å². The van der Waals surface area contributed by atoms with Crippen LogP contribution in [0.4, 0.5) is 0 Å². The van der Waals surface area contributed by atoms with Crippen molar-refractivity contribution in [2.45, 2.75) is 50.7 Å². The van der Waals surface area contributed by atoms with E-state index in [-0.39, 0.29) is 6.04 Å². The Kier molecular flexibility index (Phi) is 3.95. The number of oxazole rings is 1. The zero-order chi connectivity index (χ0) is 15.8. The fourth-order valence-corrected chi connectivity index (χ4v) is 4.76. The first-order valence-corrected chi connectivity index (χ1v) is 9.07. The summed E-state index contributed by atoms with van der Waals surface area (Å²) in [5.74, 6) is 0.441. The van der Waals surface area contributed by atoms with Crippen molar-refractivity contribution in [1.82, 2.24) is 9.88 Å². The van der Waals surface area contributed by atoms with Crippen molar-refractivity contribution in [2.24, 2.45) is 5.92 Å². The molecule has 3 heterocycles. The zero-order valence-electron chi connectivity index (χ0n) is 12.9. The smallest absolute Gasteiger partial charge is 0.320 e. The molecular formula is C17H20N2O3S. The number of hydrogen-bond acceptors (Lipinski definition) is 5. The summed E-state index contributed by atoms with van der Waals surface area (Å²) in [4.78, 5) is 19.4. The van der Waals surface area contributed by atoms with Gasteiger partial charge in [-0.2, -0.15) is 0 Å². The maximum atomic E-state index is 11.7. The molecule has 0 radical (unpaired) electrons. The van der Waals surface area contributed by atoms with Crippen LogP contribution in [-0.2, 0) is 11.3 Å². The Morgan fingerprint density at radius 3 is 3.09 bits per heavy atom. The van der Waals surface area contributed by atoms with Crippen LogP contribution in [-0.4, -0.2) is 33.0 Å². The van der Waals surface area contributed by atoms with Gasteiger partial charge in [0, 0.05) is 12.6 Å². The molecule has 4 rings (SSSR count). The lowest BCUT2D eigenvalue weighted by molar-refractivity contribution is -0.142. The van der Waals surface area contributed by atoms with Crippen LogP contribution >= 0.6 is 11.3 Å². The number of aromatic nitrogens is 1. The van der Waals surface area contributed by atoms with E-state index in [9.17, 15) is 9.90 Å². The zero-order valence-corrected chi connectivity index (χ0v) is 13.7. The molecule has 1 aliphatic heterocycles. The summed E-state index contributed by atoms with van der Waals surface area (Å²) < 4.78 is 5.58. The summed E-state index contributed by atoms with van der Waals surface area (Å²) in [6, 6.07) is 3.95. The lowest BCUT2D eigenvalue weighted by Gasteiger charge is -2.32. The van der Waals surface area contributed by atoms with Gasteiger partial charge in [-0.1, -0.05) is 18.9 Å². The lowest BCUT2D eigenvalue weighted by Crippen LogP contribution is -2.41. The molecule has 0 amide bonds. The SMILES string of the molecule is O=C(O)C1CC2CCCCC2N1Cc1coc(-c2cccs2)n1. The first-order chi connectivity index (χ1) is 11.2. The van der Waals surface area contributed by atoms with E-state index >= 15 is 0 Å². The summed E-state index contributed by atoms with van der Waals surface area (Å²) in [6.45, 7) is 0.563. The number of thiophene rings is 1. The first kappa shape index (κ1) is 14.9. The Bertz CT molecular complexity index is 682. The lowest BCUT2D eigenvalue weighted by atomic mass is 9.85. The van der Waals surface area contributed by atoms with Crippen molar-refractivity contribution in [2.75, 3.05) is 0 Å². The molecule has 2 aliphatic rings. The molecule has 1 N–H and O–H groups in total. The second-order valence-electron chi connectivity index (χ2n) is 6.50. The predicted octanol–water partition coefficient (Wildman–Crippen LogP) is 3.62. The Morgan fingerprint density at radius 2 is 2.30 bits per heavy atom. The molecule has 2 fully saturated rings. The Morgan fingerprint density at radius 1 is 1.43 bits per heavy atom. The van der Waals surface area contributed by atoms with E-state index in [1.54, 1.807) is 17.6 Å². The molecule has 2 aromatic rings. The van der Waals surface area contributed by atoms with Crippen LogP contribution in [0.1, 0.15) is 37.8 Å². The highest BCUT2D eigenvalue weighted by Crippen LogP contribution is 2.40. The van der Waals surface area contributed by atoms with E-state index in [4.69, 9.17) is 4.42 Å². The summed E-state index contributed by atoms with van der Waals surface area (Å²) >= 11 is 1.59. The van der Waals surface area contributed by atoms with Gasteiger partial charge in [-0.25, -0.2) is 4.98 Å². The topological polar surface area (TPSA) is 66.6 Å². The largest absolute Gasteiger partial charge is 0.480 e. The third-order valence-electron chi connectivity index (χ3n) is 5.13. The van der Waals surface area contributed by atoms with Gasteiger partial charge < -0.3 is 9.52 Å². The van der Waals surface area contributed by atoms with Crippen LogP contribution in [0.25, 0.3) is 10.8 Å². The number of carbonyl (C=O) groups is 1. The number of rotatable bonds is 4. The maximum absolute atomic E-state index is 11.7. The van der Waals surface area contributed by atoms with Gasteiger partial charge in [0.15, 0.2) is 0 Å². The Balaban J connectivity index is 1.55. The van der Waals surface area contributed by atoms with Gasteiger partial charge >= 0.3 is 5.97 Å². The van der Waals surface area contributed by atoms with E-state index in [0.717, 1.165) is 29.8 Å². The van der Waals surface area contributed by atoms with Crippen LogP contribution in [0.2, 0.25) is 0 Å². The number of fused-ring (bicyclic) bond motifs is 1. The molecule has 23 heavy (non-hydrogen) atoms. The van der Waals surface area contributed by atoms with Gasteiger partial charge in [0.05, 0.1) is 10.6 Å². The maximum Gasteiger partial charge on any atom is 0.320 e. The molecular weight excluding hydrogens is 312 g/mol. The van der Waals surface area contributed by atoms with Crippen molar-refractivity contribution < 1.29 is 14.3 Å². The number of hydrogen-bond donors (Lipinski definition) is 1. The Labute approximate surface area is 138 Å². The number of aliphatic carboxylic acids is 1. The van der Waals surface area contributed by atoms with E-state index < -0.39 is 5.97 Å². The fourth-order valence-electron chi connectivity index (χ4n) is 4.10. The van der Waals surface area contributed by atoms with Crippen molar-refractivity contribution in [3.63, 3.8) is 0 Å². The predicted molar refractivity (Wildman–Crippen MR) is 87.1 cm³/mol. The Hall–Kier alpha value is -1.66. The molecule has 5 nitrogen and oxygen atoms in total. The third kappa shape index (κ3) is 2.81. The number of nitrogens with zero attached hydrogens (tertiary/aromatic N) is 2. The van der Waals surface area contributed by atoms with Crippen LogP contribution in [0.3, 0.4) is 0 Å². The molecule has 3 atom stereocenters. The molecule has 122 valence electrons. The minimum absolute atomic E-state index is 0.381. The van der Waals surface area contributed by atoms with Gasteiger partial charge in [-0.15, -0.1) is 11.3 Å². The van der Waals surface area contributed by atoms with Crippen LogP contribution in [0, 0.1) is 5.92 Å². The van der Waals surface area contributed by atoms with E-state index in [1.165, 1.54) is 12.8 Å². The quantitative estimate of drug-likeness (QED) is 0.926.